The van der Waals surface area contributed by atoms with Gasteiger partial charge in [-0.1, -0.05) is 0 Å². The van der Waals surface area contributed by atoms with E-state index in [2.05, 4.69) is 10.2 Å². The van der Waals surface area contributed by atoms with Crippen LogP contribution >= 0.6 is 11.8 Å². The van der Waals surface area contributed by atoms with E-state index in [0.717, 1.165) is 30.3 Å². The highest BCUT2D eigenvalue weighted by molar-refractivity contribution is 7.99. The van der Waals surface area contributed by atoms with E-state index in [9.17, 15) is 9.59 Å². The molecule has 1 fully saturated rings. The van der Waals surface area contributed by atoms with Gasteiger partial charge in [-0.25, -0.2) is 0 Å². The van der Waals surface area contributed by atoms with Crippen LogP contribution in [0, 0.1) is 0 Å². The average molecular weight is 339 g/mol. The molecule has 128 valence electrons. The smallest absolute Gasteiger partial charge is 0.240 e. The molecule has 1 aromatic rings. The molecule has 0 atom stereocenters. The summed E-state index contributed by atoms with van der Waals surface area (Å²) in [7, 11) is 1.47. The number of ether oxygens (including phenoxy) is 1. The Bertz CT molecular complexity index is 595. The van der Waals surface area contributed by atoms with Gasteiger partial charge in [0.1, 0.15) is 6.54 Å². The summed E-state index contributed by atoms with van der Waals surface area (Å²) in [5.74, 6) is 2.41. The lowest BCUT2D eigenvalue weighted by atomic mass is 10.2. The number of pyridine rings is 1. The lowest BCUT2D eigenvalue weighted by molar-refractivity contribution is -0.122. The molecule has 1 saturated heterocycles. The Kier molecular flexibility index (Phi) is 6.53. The maximum atomic E-state index is 12.1. The zero-order valence-corrected chi connectivity index (χ0v) is 14.8. The molecule has 6 nitrogen and oxygen atoms in total. The first kappa shape index (κ1) is 17.9. The van der Waals surface area contributed by atoms with Crippen LogP contribution in [0.15, 0.2) is 17.1 Å². The summed E-state index contributed by atoms with van der Waals surface area (Å²) in [6.07, 6.45) is 1.64. The minimum atomic E-state index is -0.144. The van der Waals surface area contributed by atoms with Gasteiger partial charge in [0.15, 0.2) is 5.75 Å². The quantitative estimate of drug-likeness (QED) is 0.835. The van der Waals surface area contributed by atoms with E-state index in [1.807, 2.05) is 30.2 Å². The van der Waals surface area contributed by atoms with Gasteiger partial charge in [0.25, 0.3) is 0 Å². The third-order valence-electron chi connectivity index (χ3n) is 3.66. The van der Waals surface area contributed by atoms with Crippen LogP contribution in [0.1, 0.15) is 19.5 Å². The van der Waals surface area contributed by atoms with Crippen molar-refractivity contribution in [3.8, 4) is 5.75 Å². The van der Waals surface area contributed by atoms with Crippen molar-refractivity contribution in [2.75, 3.05) is 31.7 Å². The van der Waals surface area contributed by atoms with Crippen LogP contribution in [0.2, 0.25) is 0 Å². The first-order valence-corrected chi connectivity index (χ1v) is 9.02. The summed E-state index contributed by atoms with van der Waals surface area (Å²) >= 11 is 1.95. The van der Waals surface area contributed by atoms with E-state index in [0.29, 0.717) is 6.54 Å². The molecule has 2 heterocycles. The summed E-state index contributed by atoms with van der Waals surface area (Å²) in [4.78, 5) is 26.5. The highest BCUT2D eigenvalue weighted by Gasteiger charge is 2.16. The van der Waals surface area contributed by atoms with Gasteiger partial charge in [0.05, 0.1) is 13.3 Å². The molecular formula is C16H25N3O3S. The number of nitrogens with zero attached hydrogens (tertiary/aromatic N) is 2. The number of carbonyl (C=O) groups excluding carboxylic acids is 1. The highest BCUT2D eigenvalue weighted by Crippen LogP contribution is 2.14. The van der Waals surface area contributed by atoms with Crippen molar-refractivity contribution in [2.45, 2.75) is 33.0 Å². The molecule has 0 unspecified atom stereocenters. The normalized spacial score (nSPS) is 15.7. The molecule has 0 bridgehead atoms. The van der Waals surface area contributed by atoms with Crippen molar-refractivity contribution in [3.63, 3.8) is 0 Å². The van der Waals surface area contributed by atoms with Crippen LogP contribution in [0.5, 0.6) is 5.75 Å². The Hall–Kier alpha value is -1.47. The van der Waals surface area contributed by atoms with Gasteiger partial charge in [-0.05, 0) is 13.8 Å². The van der Waals surface area contributed by atoms with Gasteiger partial charge < -0.3 is 14.6 Å². The minimum Gasteiger partial charge on any atom is -0.491 e. The number of amides is 1. The lowest BCUT2D eigenvalue weighted by Crippen LogP contribution is -2.36. The number of thioether (sulfide) groups is 1. The SMILES string of the molecule is COc1cn(CC(=O)NC(C)C)c(CN2CCSCC2)cc1=O. The Morgan fingerprint density at radius 2 is 2.09 bits per heavy atom. The molecule has 23 heavy (non-hydrogen) atoms. The molecule has 1 aromatic heterocycles. The molecule has 1 aliphatic heterocycles. The summed E-state index contributed by atoms with van der Waals surface area (Å²) in [5.41, 5.74) is 0.705. The molecular weight excluding hydrogens is 314 g/mol. The van der Waals surface area contributed by atoms with Crippen LogP contribution < -0.4 is 15.5 Å². The second kappa shape index (κ2) is 8.40. The van der Waals surface area contributed by atoms with E-state index < -0.39 is 0 Å². The largest absolute Gasteiger partial charge is 0.491 e. The third-order valence-corrected chi connectivity index (χ3v) is 4.60. The molecule has 1 aliphatic rings. The summed E-state index contributed by atoms with van der Waals surface area (Å²) in [6, 6.07) is 1.68. The molecule has 1 N–H and O–H groups in total. The Balaban J connectivity index is 2.21. The zero-order valence-electron chi connectivity index (χ0n) is 14.0. The summed E-state index contributed by atoms with van der Waals surface area (Å²) < 4.78 is 6.93. The number of rotatable bonds is 6. The number of methoxy groups -OCH3 is 1. The molecule has 0 aromatic carbocycles. The van der Waals surface area contributed by atoms with Crippen molar-refractivity contribution < 1.29 is 9.53 Å². The van der Waals surface area contributed by atoms with Crippen molar-refractivity contribution in [2.24, 2.45) is 0 Å². The number of nitrogens with one attached hydrogen (secondary N) is 1. The van der Waals surface area contributed by atoms with Crippen LogP contribution in [0.3, 0.4) is 0 Å². The maximum absolute atomic E-state index is 12.1. The number of hydrogen-bond acceptors (Lipinski definition) is 5. The fraction of sp³-hybridized carbons (Fsp3) is 0.625. The molecule has 1 amide bonds. The van der Waals surface area contributed by atoms with Gasteiger partial charge >= 0.3 is 0 Å². The predicted octanol–water partition coefficient (Wildman–Crippen LogP) is 0.930. The van der Waals surface area contributed by atoms with E-state index in [-0.39, 0.29) is 29.7 Å². The highest BCUT2D eigenvalue weighted by atomic mass is 32.2. The fourth-order valence-corrected chi connectivity index (χ4v) is 3.52. The van der Waals surface area contributed by atoms with Gasteiger partial charge in [-0.2, -0.15) is 11.8 Å². The second-order valence-electron chi connectivity index (χ2n) is 5.94. The van der Waals surface area contributed by atoms with Crippen molar-refractivity contribution in [1.82, 2.24) is 14.8 Å². The zero-order chi connectivity index (χ0) is 16.8. The molecule has 0 aliphatic carbocycles. The van der Waals surface area contributed by atoms with E-state index >= 15 is 0 Å². The number of carbonyl (C=O) groups is 1. The van der Waals surface area contributed by atoms with Gasteiger partial charge in [-0.15, -0.1) is 0 Å². The molecule has 0 radical (unpaired) electrons. The molecule has 2 rings (SSSR count). The van der Waals surface area contributed by atoms with Crippen molar-refractivity contribution in [1.29, 1.82) is 0 Å². The fourth-order valence-electron chi connectivity index (χ4n) is 2.54. The average Bonchev–Trinajstić information content (AvgIpc) is 2.50. The summed E-state index contributed by atoms with van der Waals surface area (Å²) in [6.45, 7) is 6.72. The first-order valence-electron chi connectivity index (χ1n) is 7.86. The summed E-state index contributed by atoms with van der Waals surface area (Å²) in [5, 5.41) is 2.88. The second-order valence-corrected chi connectivity index (χ2v) is 7.16. The monoisotopic (exact) mass is 339 g/mol. The van der Waals surface area contributed by atoms with E-state index in [4.69, 9.17) is 4.74 Å². The predicted molar refractivity (Wildman–Crippen MR) is 93.1 cm³/mol. The van der Waals surface area contributed by atoms with Crippen LogP contribution in [0.25, 0.3) is 0 Å². The third kappa shape index (κ3) is 5.28. The molecule has 0 spiro atoms. The van der Waals surface area contributed by atoms with Crippen LogP contribution in [-0.4, -0.2) is 53.1 Å². The van der Waals surface area contributed by atoms with Crippen molar-refractivity contribution >= 4 is 17.7 Å². The molecule has 7 heteroatoms. The van der Waals surface area contributed by atoms with Crippen molar-refractivity contribution in [3.05, 3.63) is 28.2 Å². The topological polar surface area (TPSA) is 63.6 Å². The Morgan fingerprint density at radius 1 is 1.39 bits per heavy atom. The minimum absolute atomic E-state index is 0.0684. The number of aromatic nitrogens is 1. The van der Waals surface area contributed by atoms with Gasteiger partial charge in [-0.3, -0.25) is 14.5 Å². The van der Waals surface area contributed by atoms with Gasteiger partial charge in [0, 0.05) is 48.9 Å². The van der Waals surface area contributed by atoms with Crippen LogP contribution in [0.4, 0.5) is 0 Å². The van der Waals surface area contributed by atoms with Gasteiger partial charge in [0.2, 0.25) is 11.3 Å². The Labute approximate surface area is 141 Å². The molecule has 0 saturated carbocycles. The van der Waals surface area contributed by atoms with E-state index in [1.165, 1.54) is 7.11 Å². The van der Waals surface area contributed by atoms with E-state index in [1.54, 1.807) is 12.3 Å². The lowest BCUT2D eigenvalue weighted by Gasteiger charge is -2.27. The Morgan fingerprint density at radius 3 is 2.70 bits per heavy atom. The van der Waals surface area contributed by atoms with Crippen LogP contribution in [-0.2, 0) is 17.9 Å². The first-order chi connectivity index (χ1) is 11.0. The maximum Gasteiger partial charge on any atom is 0.240 e. The number of hydrogen-bond donors (Lipinski definition) is 1. The standard InChI is InChI=1S/C16H25N3O3S/c1-12(2)17-16(21)11-19-10-15(22-3)14(20)8-13(19)9-18-4-6-23-7-5-18/h8,10,12H,4-7,9,11H2,1-3H3,(H,17,21).